The molecular formula is C18H19BrN4O4. The van der Waals surface area contributed by atoms with E-state index >= 15 is 0 Å². The number of nitrogens with one attached hydrogen (secondary N) is 2. The van der Waals surface area contributed by atoms with Crippen molar-refractivity contribution in [2.45, 2.75) is 6.92 Å². The number of carbonyl (C=O) groups excluding carboxylic acids is 2. The number of hydrazone groups is 1. The van der Waals surface area contributed by atoms with Crippen LogP contribution < -0.4 is 25.9 Å². The Morgan fingerprint density at radius 3 is 2.70 bits per heavy atom. The molecule has 0 aliphatic carbocycles. The molecule has 0 atom stereocenters. The molecule has 27 heavy (non-hydrogen) atoms. The topological polar surface area (TPSA) is 115 Å². The van der Waals surface area contributed by atoms with Gasteiger partial charge in [0.15, 0.2) is 18.1 Å². The van der Waals surface area contributed by atoms with Crippen molar-refractivity contribution >= 4 is 39.8 Å². The maximum atomic E-state index is 12.2. The maximum Gasteiger partial charge on any atom is 0.332 e. The first kappa shape index (κ1) is 20.2. The van der Waals surface area contributed by atoms with Crippen LogP contribution >= 0.6 is 15.9 Å². The summed E-state index contributed by atoms with van der Waals surface area (Å²) in [7, 11) is 1.48. The maximum absolute atomic E-state index is 12.2. The van der Waals surface area contributed by atoms with E-state index in [4.69, 9.17) is 15.2 Å². The van der Waals surface area contributed by atoms with E-state index in [2.05, 4.69) is 31.8 Å². The van der Waals surface area contributed by atoms with Crippen LogP contribution in [-0.2, 0) is 4.79 Å². The fraction of sp³-hybridized carbons (Fsp3) is 0.167. The largest absolute Gasteiger partial charge is 0.493 e. The molecule has 4 N–H and O–H groups in total. The van der Waals surface area contributed by atoms with Crippen molar-refractivity contribution < 1.29 is 19.1 Å². The van der Waals surface area contributed by atoms with E-state index < -0.39 is 6.03 Å². The molecule has 0 aromatic heterocycles. The number of primary amides is 1. The highest BCUT2D eigenvalue weighted by Gasteiger charge is 2.13. The monoisotopic (exact) mass is 434 g/mol. The minimum atomic E-state index is -0.767. The van der Waals surface area contributed by atoms with Crippen molar-refractivity contribution in [3.63, 3.8) is 0 Å². The summed E-state index contributed by atoms with van der Waals surface area (Å²) >= 11 is 3.38. The number of para-hydroxylation sites is 1. The molecule has 2 rings (SSSR count). The van der Waals surface area contributed by atoms with E-state index in [1.54, 1.807) is 12.1 Å². The third-order valence-electron chi connectivity index (χ3n) is 3.41. The number of methoxy groups -OCH3 is 1. The Morgan fingerprint density at radius 1 is 1.30 bits per heavy atom. The van der Waals surface area contributed by atoms with Gasteiger partial charge in [-0.25, -0.2) is 10.2 Å². The Bertz CT molecular complexity index is 870. The second kappa shape index (κ2) is 9.58. The highest BCUT2D eigenvalue weighted by molar-refractivity contribution is 9.10. The van der Waals surface area contributed by atoms with Crippen LogP contribution in [0.2, 0.25) is 0 Å². The van der Waals surface area contributed by atoms with Gasteiger partial charge in [0.2, 0.25) is 0 Å². The number of hydrogen-bond donors (Lipinski definition) is 3. The van der Waals surface area contributed by atoms with Crippen LogP contribution in [0.25, 0.3) is 0 Å². The zero-order chi connectivity index (χ0) is 19.8. The molecule has 8 nitrogen and oxygen atoms in total. The van der Waals surface area contributed by atoms with Gasteiger partial charge >= 0.3 is 6.03 Å². The predicted octanol–water partition coefficient (Wildman–Crippen LogP) is 2.79. The van der Waals surface area contributed by atoms with Gasteiger partial charge < -0.3 is 20.5 Å². The first-order valence-electron chi connectivity index (χ1n) is 7.85. The molecule has 0 unspecified atom stereocenters. The second-order valence-electron chi connectivity index (χ2n) is 5.42. The number of aryl methyl sites for hydroxylation is 1. The van der Waals surface area contributed by atoms with Crippen LogP contribution in [0.15, 0.2) is 46.0 Å². The van der Waals surface area contributed by atoms with Gasteiger partial charge in [-0.3, -0.25) is 4.79 Å². The van der Waals surface area contributed by atoms with Crippen molar-refractivity contribution in [1.82, 2.24) is 5.43 Å². The quantitative estimate of drug-likeness (QED) is 0.458. The number of ether oxygens (including phenoxy) is 2. The molecule has 0 bridgehead atoms. The molecule has 0 heterocycles. The average molecular weight is 435 g/mol. The molecular weight excluding hydrogens is 416 g/mol. The zero-order valence-corrected chi connectivity index (χ0v) is 16.4. The number of amides is 3. The van der Waals surface area contributed by atoms with Crippen molar-refractivity contribution in [1.29, 1.82) is 0 Å². The Balaban J connectivity index is 2.07. The lowest BCUT2D eigenvalue weighted by Gasteiger charge is -2.14. The van der Waals surface area contributed by atoms with E-state index in [1.165, 1.54) is 13.3 Å². The van der Waals surface area contributed by atoms with E-state index in [1.807, 2.05) is 31.2 Å². The Morgan fingerprint density at radius 2 is 2.04 bits per heavy atom. The SMILES string of the molecule is COc1cc(C=NNC(N)=O)cc(Br)c1OCC(=O)Nc1ccccc1C. The molecule has 0 saturated carbocycles. The van der Waals surface area contributed by atoms with Crippen LogP contribution in [0, 0.1) is 6.92 Å². The standard InChI is InChI=1S/C18H19BrN4O4/c1-11-5-3-4-6-14(11)22-16(24)10-27-17-13(19)7-12(8-15(17)26-2)9-21-23-18(20)25/h3-9H,10H2,1-2H3,(H,22,24)(H3,20,23,25). The van der Waals surface area contributed by atoms with Gasteiger partial charge in [0.05, 0.1) is 17.8 Å². The lowest BCUT2D eigenvalue weighted by atomic mass is 10.2. The summed E-state index contributed by atoms with van der Waals surface area (Å²) in [5, 5.41) is 6.48. The van der Waals surface area contributed by atoms with Gasteiger partial charge in [-0.2, -0.15) is 5.10 Å². The van der Waals surface area contributed by atoms with Crippen LogP contribution in [0.1, 0.15) is 11.1 Å². The normalized spacial score (nSPS) is 10.5. The summed E-state index contributed by atoms with van der Waals surface area (Å²) in [5.74, 6) is 0.473. The fourth-order valence-electron chi connectivity index (χ4n) is 2.16. The third kappa shape index (κ3) is 6.00. The minimum Gasteiger partial charge on any atom is -0.493 e. The van der Waals surface area contributed by atoms with Crippen LogP contribution in [0.5, 0.6) is 11.5 Å². The molecule has 0 spiro atoms. The molecule has 0 fully saturated rings. The summed E-state index contributed by atoms with van der Waals surface area (Å²) < 4.78 is 11.5. The fourth-order valence-corrected chi connectivity index (χ4v) is 2.74. The molecule has 0 aliphatic rings. The number of halogens is 1. The number of anilines is 1. The lowest BCUT2D eigenvalue weighted by molar-refractivity contribution is -0.118. The van der Waals surface area contributed by atoms with Crippen LogP contribution in [-0.4, -0.2) is 31.9 Å². The number of benzene rings is 2. The van der Waals surface area contributed by atoms with Crippen molar-refractivity contribution in [2.75, 3.05) is 19.0 Å². The molecule has 142 valence electrons. The van der Waals surface area contributed by atoms with E-state index in [-0.39, 0.29) is 12.5 Å². The molecule has 3 amide bonds. The Labute approximate surface area is 164 Å². The third-order valence-corrected chi connectivity index (χ3v) is 4.00. The lowest BCUT2D eigenvalue weighted by Crippen LogP contribution is -2.24. The van der Waals surface area contributed by atoms with Gasteiger partial charge in [0.25, 0.3) is 5.91 Å². The Hall–Kier alpha value is -3.07. The summed E-state index contributed by atoms with van der Waals surface area (Å²) in [6.07, 6.45) is 1.40. The number of nitrogens with two attached hydrogens (primary N) is 1. The molecule has 9 heteroatoms. The molecule has 0 radical (unpaired) electrons. The first-order valence-corrected chi connectivity index (χ1v) is 8.64. The highest BCUT2D eigenvalue weighted by atomic mass is 79.9. The molecule has 2 aromatic rings. The van der Waals surface area contributed by atoms with Gasteiger partial charge in [-0.1, -0.05) is 18.2 Å². The predicted molar refractivity (Wildman–Crippen MR) is 106 cm³/mol. The second-order valence-corrected chi connectivity index (χ2v) is 6.27. The minimum absolute atomic E-state index is 0.194. The van der Waals surface area contributed by atoms with Crippen molar-refractivity contribution in [2.24, 2.45) is 10.8 Å². The summed E-state index contributed by atoms with van der Waals surface area (Å²) in [4.78, 5) is 22.8. The number of carbonyl (C=O) groups is 2. The number of hydrogen-bond acceptors (Lipinski definition) is 5. The number of rotatable bonds is 7. The molecule has 0 saturated heterocycles. The summed E-state index contributed by atoms with van der Waals surface area (Å²) in [6.45, 7) is 1.71. The average Bonchev–Trinajstić information content (AvgIpc) is 2.62. The van der Waals surface area contributed by atoms with Gasteiger partial charge in [-0.15, -0.1) is 0 Å². The summed E-state index contributed by atoms with van der Waals surface area (Å²) in [6, 6.07) is 10.0. The van der Waals surface area contributed by atoms with Gasteiger partial charge in [0.1, 0.15) is 0 Å². The number of urea groups is 1. The van der Waals surface area contributed by atoms with Gasteiger partial charge in [0, 0.05) is 5.69 Å². The number of nitrogens with zero attached hydrogens (tertiary/aromatic N) is 1. The van der Waals surface area contributed by atoms with E-state index in [0.717, 1.165) is 11.3 Å². The highest BCUT2D eigenvalue weighted by Crippen LogP contribution is 2.36. The molecule has 2 aromatic carbocycles. The smallest absolute Gasteiger partial charge is 0.332 e. The zero-order valence-electron chi connectivity index (χ0n) is 14.8. The first-order chi connectivity index (χ1) is 12.9. The van der Waals surface area contributed by atoms with Gasteiger partial charge in [-0.05, 0) is 52.2 Å². The van der Waals surface area contributed by atoms with Crippen LogP contribution in [0.4, 0.5) is 10.5 Å². The van der Waals surface area contributed by atoms with E-state index in [0.29, 0.717) is 21.5 Å². The van der Waals surface area contributed by atoms with Crippen LogP contribution in [0.3, 0.4) is 0 Å². The summed E-state index contributed by atoms with van der Waals surface area (Å²) in [5.41, 5.74) is 9.36. The molecule has 0 aliphatic heterocycles. The Kier molecular flexibility index (Phi) is 7.18. The van der Waals surface area contributed by atoms with Crippen molar-refractivity contribution in [3.05, 3.63) is 52.0 Å². The van der Waals surface area contributed by atoms with E-state index in [9.17, 15) is 9.59 Å². The van der Waals surface area contributed by atoms with Crippen molar-refractivity contribution in [3.8, 4) is 11.5 Å².